The van der Waals surface area contributed by atoms with E-state index >= 15 is 0 Å². The zero-order valence-electron chi connectivity index (χ0n) is 12.6. The summed E-state index contributed by atoms with van der Waals surface area (Å²) in [6.07, 6.45) is 0. The molecule has 5 nitrogen and oxygen atoms in total. The molecule has 116 valence electrons. The summed E-state index contributed by atoms with van der Waals surface area (Å²) in [4.78, 5) is 10.6. The Balaban J connectivity index is 2.82. The van der Waals surface area contributed by atoms with Crippen molar-refractivity contribution in [2.24, 2.45) is 5.92 Å². The smallest absolute Gasteiger partial charge is 0.310 e. The fourth-order valence-electron chi connectivity index (χ4n) is 1.66. The van der Waals surface area contributed by atoms with Crippen molar-refractivity contribution in [2.45, 2.75) is 27.3 Å². The van der Waals surface area contributed by atoms with Gasteiger partial charge in [-0.25, -0.2) is 0 Å². The molecule has 1 N–H and O–H groups in total. The standard InChI is InChI=1S/C15H21ClN2O3/c1-11(2)8-17-9-13-4-5-14(18(19)20)15(6-13)21-10-12(3)7-16/h4-7,11,17H,8-10H2,1-3H3/b12-7+. The minimum absolute atomic E-state index is 0.0371. The molecule has 0 aliphatic rings. The highest BCUT2D eigenvalue weighted by Gasteiger charge is 2.15. The first-order valence-electron chi connectivity index (χ1n) is 6.80. The van der Waals surface area contributed by atoms with E-state index in [1.54, 1.807) is 19.1 Å². The number of benzene rings is 1. The van der Waals surface area contributed by atoms with Crippen molar-refractivity contribution in [3.05, 3.63) is 45.0 Å². The predicted octanol–water partition coefficient (Wildman–Crippen LogP) is 3.86. The quantitative estimate of drug-likeness (QED) is 0.584. The van der Waals surface area contributed by atoms with Gasteiger partial charge in [0.1, 0.15) is 6.61 Å². The molecule has 0 heterocycles. The summed E-state index contributed by atoms with van der Waals surface area (Å²) < 4.78 is 5.50. The number of halogens is 1. The summed E-state index contributed by atoms with van der Waals surface area (Å²) in [5.41, 5.74) is 3.11. The second kappa shape index (κ2) is 8.64. The molecule has 1 rings (SSSR count). The molecule has 1 aromatic carbocycles. The molecule has 0 spiro atoms. The van der Waals surface area contributed by atoms with Gasteiger partial charge in [0.2, 0.25) is 0 Å². The molecule has 21 heavy (non-hydrogen) atoms. The van der Waals surface area contributed by atoms with Crippen LogP contribution in [0.1, 0.15) is 26.3 Å². The van der Waals surface area contributed by atoms with Crippen LogP contribution in [0.15, 0.2) is 29.3 Å². The van der Waals surface area contributed by atoms with E-state index in [1.165, 1.54) is 11.6 Å². The van der Waals surface area contributed by atoms with E-state index in [0.717, 1.165) is 17.7 Å². The van der Waals surface area contributed by atoms with Crippen molar-refractivity contribution in [2.75, 3.05) is 13.2 Å². The van der Waals surface area contributed by atoms with E-state index in [4.69, 9.17) is 16.3 Å². The van der Waals surface area contributed by atoms with Crippen LogP contribution in [-0.2, 0) is 6.54 Å². The van der Waals surface area contributed by atoms with Crippen LogP contribution in [0.5, 0.6) is 5.75 Å². The molecule has 1 aromatic rings. The van der Waals surface area contributed by atoms with Gasteiger partial charge in [-0.15, -0.1) is 0 Å². The van der Waals surface area contributed by atoms with E-state index in [2.05, 4.69) is 19.2 Å². The molecule has 0 fully saturated rings. The van der Waals surface area contributed by atoms with E-state index < -0.39 is 4.92 Å². The Kier molecular flexibility index (Phi) is 7.19. The highest BCUT2D eigenvalue weighted by molar-refractivity contribution is 6.25. The molecule has 0 bridgehead atoms. The van der Waals surface area contributed by atoms with Crippen molar-refractivity contribution in [1.29, 1.82) is 0 Å². The van der Waals surface area contributed by atoms with Crippen molar-refractivity contribution in [1.82, 2.24) is 5.32 Å². The van der Waals surface area contributed by atoms with Crippen LogP contribution in [-0.4, -0.2) is 18.1 Å². The van der Waals surface area contributed by atoms with Gasteiger partial charge in [-0.1, -0.05) is 31.5 Å². The van der Waals surface area contributed by atoms with Crippen molar-refractivity contribution < 1.29 is 9.66 Å². The summed E-state index contributed by atoms with van der Waals surface area (Å²) >= 11 is 5.56. The van der Waals surface area contributed by atoms with Crippen molar-refractivity contribution in [3.63, 3.8) is 0 Å². The SMILES string of the molecule is C/C(=C\Cl)COc1cc(CNCC(C)C)ccc1[N+](=O)[O-]. The molecular formula is C15H21ClN2O3. The van der Waals surface area contributed by atoms with E-state index in [0.29, 0.717) is 12.5 Å². The second-order valence-electron chi connectivity index (χ2n) is 5.33. The Morgan fingerprint density at radius 2 is 2.24 bits per heavy atom. The monoisotopic (exact) mass is 312 g/mol. The largest absolute Gasteiger partial charge is 0.482 e. The lowest BCUT2D eigenvalue weighted by Gasteiger charge is -2.10. The Morgan fingerprint density at radius 3 is 2.81 bits per heavy atom. The molecule has 0 aliphatic heterocycles. The molecule has 0 saturated carbocycles. The summed E-state index contributed by atoms with van der Waals surface area (Å²) in [5.74, 6) is 0.817. The van der Waals surface area contributed by atoms with Gasteiger partial charge in [0.05, 0.1) is 4.92 Å². The number of ether oxygens (including phenoxy) is 1. The zero-order chi connectivity index (χ0) is 15.8. The molecular weight excluding hydrogens is 292 g/mol. The summed E-state index contributed by atoms with van der Waals surface area (Å²) in [5, 5.41) is 14.3. The highest BCUT2D eigenvalue weighted by atomic mass is 35.5. The number of nitro groups is 1. The summed E-state index contributed by atoms with van der Waals surface area (Å²) in [6, 6.07) is 4.91. The van der Waals surface area contributed by atoms with Gasteiger partial charge in [0.15, 0.2) is 5.75 Å². The molecule has 0 aromatic heterocycles. The highest BCUT2D eigenvalue weighted by Crippen LogP contribution is 2.28. The Morgan fingerprint density at radius 1 is 1.52 bits per heavy atom. The molecule has 6 heteroatoms. The van der Waals surface area contributed by atoms with Gasteiger partial charge in [0.25, 0.3) is 0 Å². The van der Waals surface area contributed by atoms with Gasteiger partial charge in [-0.05, 0) is 36.6 Å². The minimum atomic E-state index is -0.444. The predicted molar refractivity (Wildman–Crippen MR) is 84.7 cm³/mol. The normalized spacial score (nSPS) is 11.8. The number of nitrogens with zero attached hydrogens (tertiary/aromatic N) is 1. The van der Waals surface area contributed by atoms with Crippen LogP contribution in [0, 0.1) is 16.0 Å². The molecule has 0 unspecified atom stereocenters. The lowest BCUT2D eigenvalue weighted by molar-refractivity contribution is -0.385. The molecule has 0 radical (unpaired) electrons. The average molecular weight is 313 g/mol. The number of rotatable bonds is 8. The van der Waals surface area contributed by atoms with Gasteiger partial charge in [-0.2, -0.15) is 0 Å². The first-order chi connectivity index (χ1) is 9.93. The topological polar surface area (TPSA) is 64.4 Å². The Hall–Kier alpha value is -1.59. The van der Waals surface area contributed by atoms with Gasteiger partial charge < -0.3 is 10.1 Å². The molecule has 0 saturated heterocycles. The zero-order valence-corrected chi connectivity index (χ0v) is 13.3. The molecule has 0 atom stereocenters. The minimum Gasteiger partial charge on any atom is -0.482 e. The average Bonchev–Trinajstić information content (AvgIpc) is 2.44. The Bertz CT molecular complexity index is 516. The van der Waals surface area contributed by atoms with Crippen LogP contribution < -0.4 is 10.1 Å². The van der Waals surface area contributed by atoms with Gasteiger partial charge in [-0.3, -0.25) is 10.1 Å². The number of nitrogens with one attached hydrogen (secondary N) is 1. The fourth-order valence-corrected chi connectivity index (χ4v) is 1.73. The van der Waals surface area contributed by atoms with Crippen LogP contribution >= 0.6 is 11.6 Å². The third-order valence-electron chi connectivity index (χ3n) is 2.74. The second-order valence-corrected chi connectivity index (χ2v) is 5.55. The maximum atomic E-state index is 11.0. The van der Waals surface area contributed by atoms with Crippen LogP contribution in [0.2, 0.25) is 0 Å². The van der Waals surface area contributed by atoms with Crippen LogP contribution in [0.4, 0.5) is 5.69 Å². The van der Waals surface area contributed by atoms with E-state index in [-0.39, 0.29) is 18.0 Å². The molecule has 0 aliphatic carbocycles. The van der Waals surface area contributed by atoms with Gasteiger partial charge >= 0.3 is 5.69 Å². The summed E-state index contributed by atoms with van der Waals surface area (Å²) in [7, 11) is 0. The first kappa shape index (κ1) is 17.5. The number of hydrogen-bond donors (Lipinski definition) is 1. The molecule has 0 amide bonds. The number of nitro benzene ring substituents is 1. The van der Waals surface area contributed by atoms with Crippen LogP contribution in [0.3, 0.4) is 0 Å². The Labute approximate surface area is 130 Å². The van der Waals surface area contributed by atoms with Crippen molar-refractivity contribution in [3.8, 4) is 5.75 Å². The summed E-state index contributed by atoms with van der Waals surface area (Å²) in [6.45, 7) is 7.81. The van der Waals surface area contributed by atoms with Gasteiger partial charge in [0, 0.05) is 18.1 Å². The maximum absolute atomic E-state index is 11.0. The maximum Gasteiger partial charge on any atom is 0.310 e. The lowest BCUT2D eigenvalue weighted by Crippen LogP contribution is -2.19. The first-order valence-corrected chi connectivity index (χ1v) is 7.24. The number of hydrogen-bond acceptors (Lipinski definition) is 4. The van der Waals surface area contributed by atoms with E-state index in [9.17, 15) is 10.1 Å². The van der Waals surface area contributed by atoms with Crippen molar-refractivity contribution >= 4 is 17.3 Å². The lowest BCUT2D eigenvalue weighted by atomic mass is 10.1. The van der Waals surface area contributed by atoms with Crippen LogP contribution in [0.25, 0.3) is 0 Å². The third kappa shape index (κ3) is 6.14. The fraction of sp³-hybridized carbons (Fsp3) is 0.467. The third-order valence-corrected chi connectivity index (χ3v) is 3.12. The van der Waals surface area contributed by atoms with E-state index in [1.807, 2.05) is 0 Å².